The molecule has 2 aromatic rings. The molecule has 0 bridgehead atoms. The van der Waals surface area contributed by atoms with Crippen LogP contribution in [0.5, 0.6) is 0 Å². The summed E-state index contributed by atoms with van der Waals surface area (Å²) in [4.78, 5) is 22.8. The summed E-state index contributed by atoms with van der Waals surface area (Å²) in [6.45, 7) is 3.91. The molecule has 0 aliphatic rings. The van der Waals surface area contributed by atoms with E-state index in [1.54, 1.807) is 24.3 Å². The van der Waals surface area contributed by atoms with Crippen LogP contribution in [-0.2, 0) is 0 Å². The van der Waals surface area contributed by atoms with E-state index in [2.05, 4.69) is 5.32 Å². The van der Waals surface area contributed by atoms with Gasteiger partial charge in [0.1, 0.15) is 6.29 Å². The molecule has 19 heavy (non-hydrogen) atoms. The highest BCUT2D eigenvalue weighted by atomic mass is 16.1. The molecule has 1 N–H and O–H groups in total. The summed E-state index contributed by atoms with van der Waals surface area (Å²) in [5.74, 6) is -0.171. The summed E-state index contributed by atoms with van der Waals surface area (Å²) < 4.78 is 0. The van der Waals surface area contributed by atoms with E-state index in [-0.39, 0.29) is 5.91 Å². The van der Waals surface area contributed by atoms with Crippen LogP contribution in [-0.4, -0.2) is 12.2 Å². The van der Waals surface area contributed by atoms with E-state index in [9.17, 15) is 9.59 Å². The Morgan fingerprint density at radius 2 is 1.74 bits per heavy atom. The third-order valence-corrected chi connectivity index (χ3v) is 2.76. The van der Waals surface area contributed by atoms with E-state index in [0.717, 1.165) is 17.4 Å². The number of hydrogen-bond acceptors (Lipinski definition) is 2. The Morgan fingerprint density at radius 1 is 1.05 bits per heavy atom. The smallest absolute Gasteiger partial charge is 0.255 e. The Hall–Kier alpha value is -2.42. The van der Waals surface area contributed by atoms with E-state index in [4.69, 9.17) is 0 Å². The number of hydrogen-bond donors (Lipinski definition) is 1. The zero-order valence-electron chi connectivity index (χ0n) is 10.9. The van der Waals surface area contributed by atoms with Crippen molar-refractivity contribution >= 4 is 17.9 Å². The topological polar surface area (TPSA) is 46.2 Å². The molecule has 1 amide bonds. The first-order valence-corrected chi connectivity index (χ1v) is 6.03. The van der Waals surface area contributed by atoms with E-state index < -0.39 is 0 Å². The lowest BCUT2D eigenvalue weighted by Crippen LogP contribution is -2.12. The molecule has 2 rings (SSSR count). The first kappa shape index (κ1) is 13.0. The number of benzene rings is 2. The van der Waals surface area contributed by atoms with E-state index >= 15 is 0 Å². The van der Waals surface area contributed by atoms with Crippen molar-refractivity contribution in [3.8, 4) is 0 Å². The normalized spacial score (nSPS) is 10.0. The predicted octanol–water partition coefficient (Wildman–Crippen LogP) is 3.37. The summed E-state index contributed by atoms with van der Waals surface area (Å²) in [5.41, 5.74) is 3.87. The van der Waals surface area contributed by atoms with Gasteiger partial charge in [-0.1, -0.05) is 29.3 Å². The number of carbonyl (C=O) groups excluding carboxylic acids is 2. The van der Waals surface area contributed by atoms with E-state index in [1.165, 1.54) is 0 Å². The van der Waals surface area contributed by atoms with E-state index in [1.807, 2.05) is 32.0 Å². The average molecular weight is 253 g/mol. The quantitative estimate of drug-likeness (QED) is 0.852. The summed E-state index contributed by atoms with van der Waals surface area (Å²) in [5, 5.41) is 2.79. The Bertz CT molecular complexity index is 612. The molecule has 0 unspecified atom stereocenters. The number of aldehydes is 1. The van der Waals surface area contributed by atoms with Gasteiger partial charge in [0, 0.05) is 16.8 Å². The van der Waals surface area contributed by atoms with Crippen molar-refractivity contribution in [2.24, 2.45) is 0 Å². The van der Waals surface area contributed by atoms with Crippen LogP contribution in [0.25, 0.3) is 0 Å². The van der Waals surface area contributed by atoms with Crippen LogP contribution in [0, 0.1) is 13.8 Å². The highest BCUT2D eigenvalue weighted by molar-refractivity contribution is 6.04. The maximum absolute atomic E-state index is 12.1. The maximum atomic E-state index is 12.1. The van der Waals surface area contributed by atoms with Crippen molar-refractivity contribution in [1.82, 2.24) is 0 Å². The standard InChI is InChI=1S/C16H15NO2/c1-11-6-12(2)8-14(7-11)16(19)17-15-5-3-4-13(9-15)10-18/h3-10H,1-2H3,(H,17,19). The Labute approximate surface area is 112 Å². The second-order valence-electron chi connectivity index (χ2n) is 4.57. The fourth-order valence-electron chi connectivity index (χ4n) is 2.00. The van der Waals surface area contributed by atoms with Crippen LogP contribution in [0.2, 0.25) is 0 Å². The molecule has 0 radical (unpaired) electrons. The van der Waals surface area contributed by atoms with Crippen molar-refractivity contribution < 1.29 is 9.59 Å². The number of nitrogens with one attached hydrogen (secondary N) is 1. The van der Waals surface area contributed by atoms with Crippen molar-refractivity contribution in [1.29, 1.82) is 0 Å². The van der Waals surface area contributed by atoms with Gasteiger partial charge >= 0.3 is 0 Å². The monoisotopic (exact) mass is 253 g/mol. The van der Waals surface area contributed by atoms with Gasteiger partial charge in [-0.05, 0) is 38.1 Å². The summed E-state index contributed by atoms with van der Waals surface area (Å²) in [6, 6.07) is 12.5. The fourth-order valence-corrected chi connectivity index (χ4v) is 2.00. The van der Waals surface area contributed by atoms with Crippen molar-refractivity contribution in [2.75, 3.05) is 5.32 Å². The molecule has 0 fully saturated rings. The van der Waals surface area contributed by atoms with Gasteiger partial charge < -0.3 is 5.32 Å². The van der Waals surface area contributed by atoms with Crippen LogP contribution in [0.1, 0.15) is 31.8 Å². The predicted molar refractivity (Wildman–Crippen MR) is 75.7 cm³/mol. The van der Waals surface area contributed by atoms with Crippen LogP contribution in [0.4, 0.5) is 5.69 Å². The lowest BCUT2D eigenvalue weighted by molar-refractivity contribution is 0.102. The molecular formula is C16H15NO2. The molecule has 0 aliphatic heterocycles. The Balaban J connectivity index is 2.22. The lowest BCUT2D eigenvalue weighted by atomic mass is 10.1. The Morgan fingerprint density at radius 3 is 2.37 bits per heavy atom. The van der Waals surface area contributed by atoms with Gasteiger partial charge in [-0.15, -0.1) is 0 Å². The molecule has 0 atom stereocenters. The number of carbonyl (C=O) groups is 2. The van der Waals surface area contributed by atoms with Crippen LogP contribution in [0.15, 0.2) is 42.5 Å². The van der Waals surface area contributed by atoms with Gasteiger partial charge in [-0.25, -0.2) is 0 Å². The third-order valence-electron chi connectivity index (χ3n) is 2.76. The number of amides is 1. The highest BCUT2D eigenvalue weighted by Gasteiger charge is 2.07. The Kier molecular flexibility index (Phi) is 3.76. The average Bonchev–Trinajstić information content (AvgIpc) is 2.37. The molecule has 0 aliphatic carbocycles. The largest absolute Gasteiger partial charge is 0.322 e. The van der Waals surface area contributed by atoms with Gasteiger partial charge in [0.05, 0.1) is 0 Å². The minimum Gasteiger partial charge on any atom is -0.322 e. The zero-order valence-corrected chi connectivity index (χ0v) is 10.9. The van der Waals surface area contributed by atoms with Gasteiger partial charge in [-0.3, -0.25) is 9.59 Å². The van der Waals surface area contributed by atoms with Crippen molar-refractivity contribution in [3.05, 3.63) is 64.7 Å². The minimum atomic E-state index is -0.171. The van der Waals surface area contributed by atoms with Crippen LogP contribution >= 0.6 is 0 Å². The molecule has 0 spiro atoms. The van der Waals surface area contributed by atoms with E-state index in [0.29, 0.717) is 16.8 Å². The molecule has 96 valence electrons. The van der Waals surface area contributed by atoms with Crippen LogP contribution in [0.3, 0.4) is 0 Å². The SMILES string of the molecule is Cc1cc(C)cc(C(=O)Nc2cccc(C=O)c2)c1. The summed E-state index contributed by atoms with van der Waals surface area (Å²) >= 11 is 0. The number of aryl methyl sites for hydroxylation is 2. The van der Waals surface area contributed by atoms with Gasteiger partial charge in [0.25, 0.3) is 5.91 Å². The summed E-state index contributed by atoms with van der Waals surface area (Å²) in [6.07, 6.45) is 0.756. The highest BCUT2D eigenvalue weighted by Crippen LogP contribution is 2.13. The zero-order chi connectivity index (χ0) is 13.8. The van der Waals surface area contributed by atoms with Gasteiger partial charge in [0.2, 0.25) is 0 Å². The van der Waals surface area contributed by atoms with Gasteiger partial charge in [0.15, 0.2) is 0 Å². The molecule has 0 aromatic heterocycles. The molecule has 0 saturated carbocycles. The maximum Gasteiger partial charge on any atom is 0.255 e. The molecule has 3 nitrogen and oxygen atoms in total. The molecule has 3 heteroatoms. The molecule has 0 saturated heterocycles. The second kappa shape index (κ2) is 5.48. The number of anilines is 1. The minimum absolute atomic E-state index is 0.171. The molecule has 2 aromatic carbocycles. The summed E-state index contributed by atoms with van der Waals surface area (Å²) in [7, 11) is 0. The first-order valence-electron chi connectivity index (χ1n) is 6.03. The molecule has 0 heterocycles. The lowest BCUT2D eigenvalue weighted by Gasteiger charge is -2.07. The third kappa shape index (κ3) is 3.28. The number of rotatable bonds is 3. The van der Waals surface area contributed by atoms with Crippen molar-refractivity contribution in [2.45, 2.75) is 13.8 Å². The fraction of sp³-hybridized carbons (Fsp3) is 0.125. The second-order valence-corrected chi connectivity index (χ2v) is 4.57. The van der Waals surface area contributed by atoms with Gasteiger partial charge in [-0.2, -0.15) is 0 Å². The molecular weight excluding hydrogens is 238 g/mol. The first-order chi connectivity index (χ1) is 9.08. The van der Waals surface area contributed by atoms with Crippen LogP contribution < -0.4 is 5.32 Å². The van der Waals surface area contributed by atoms with Crippen molar-refractivity contribution in [3.63, 3.8) is 0 Å².